The molecule has 0 amide bonds. The number of nitrogens with one attached hydrogen (secondary N) is 1. The zero-order chi connectivity index (χ0) is 15.4. The fourth-order valence-corrected chi connectivity index (χ4v) is 3.45. The minimum atomic E-state index is 0.144. The van der Waals surface area contributed by atoms with E-state index in [1.807, 2.05) is 37.4 Å². The van der Waals surface area contributed by atoms with Crippen LogP contribution in [0.3, 0.4) is 0 Å². The maximum atomic E-state index is 10.2. The van der Waals surface area contributed by atoms with Gasteiger partial charge in [0.05, 0.1) is 10.9 Å². The number of aromatic hydroxyl groups is 1. The number of phenolic OH excluding ortho intramolecular Hbond substituents is 1. The first-order chi connectivity index (χ1) is 10.0. The minimum Gasteiger partial charge on any atom is -0.508 e. The number of benzene rings is 1. The van der Waals surface area contributed by atoms with Gasteiger partial charge in [-0.25, -0.2) is 0 Å². The molecule has 0 radical (unpaired) electrons. The molecule has 2 rings (SSSR count). The number of hydrogen-bond acceptors (Lipinski definition) is 4. The normalized spacial score (nSPS) is 12.4. The summed E-state index contributed by atoms with van der Waals surface area (Å²) in [5.74, 6) is 0.331. The molecule has 2 aromatic rings. The standard InChI is InChI=1S/C16H21ClN2OS/c1-4-18-11(2)14-7-5-12(9-15(14)20)19(3)10-13-6-8-16(17)21-13/h5-9,11,18,20H,4,10H2,1-3H3. The van der Waals surface area contributed by atoms with Gasteiger partial charge < -0.3 is 15.3 Å². The average molecular weight is 325 g/mol. The topological polar surface area (TPSA) is 35.5 Å². The van der Waals surface area contributed by atoms with Crippen molar-refractivity contribution in [2.75, 3.05) is 18.5 Å². The molecule has 0 saturated heterocycles. The molecule has 2 N–H and O–H groups in total. The van der Waals surface area contributed by atoms with Crippen LogP contribution >= 0.6 is 22.9 Å². The second kappa shape index (κ2) is 7.16. The molecule has 114 valence electrons. The number of halogens is 1. The summed E-state index contributed by atoms with van der Waals surface area (Å²) in [7, 11) is 2.01. The molecule has 0 bridgehead atoms. The Kier molecular flexibility index (Phi) is 5.51. The van der Waals surface area contributed by atoms with Gasteiger partial charge >= 0.3 is 0 Å². The maximum Gasteiger partial charge on any atom is 0.122 e. The minimum absolute atomic E-state index is 0.144. The van der Waals surface area contributed by atoms with Crippen molar-refractivity contribution in [2.24, 2.45) is 0 Å². The van der Waals surface area contributed by atoms with E-state index < -0.39 is 0 Å². The Morgan fingerprint density at radius 3 is 2.67 bits per heavy atom. The molecule has 0 spiro atoms. The predicted octanol–water partition coefficient (Wildman–Crippen LogP) is 4.41. The Hall–Kier alpha value is -1.23. The molecule has 5 heteroatoms. The van der Waals surface area contributed by atoms with E-state index in [2.05, 4.69) is 24.1 Å². The molecule has 1 aromatic carbocycles. The molecule has 0 aliphatic rings. The first-order valence-electron chi connectivity index (χ1n) is 7.03. The first-order valence-corrected chi connectivity index (χ1v) is 8.22. The van der Waals surface area contributed by atoms with Gasteiger partial charge in [0.1, 0.15) is 5.75 Å². The molecule has 1 atom stereocenters. The van der Waals surface area contributed by atoms with E-state index in [1.165, 1.54) is 4.88 Å². The molecular weight excluding hydrogens is 304 g/mol. The zero-order valence-electron chi connectivity index (χ0n) is 12.6. The van der Waals surface area contributed by atoms with Crippen LogP contribution in [0.1, 0.15) is 30.3 Å². The van der Waals surface area contributed by atoms with Crippen LogP contribution in [0, 0.1) is 0 Å². The monoisotopic (exact) mass is 324 g/mol. The highest BCUT2D eigenvalue weighted by Crippen LogP contribution is 2.30. The molecule has 1 heterocycles. The van der Waals surface area contributed by atoms with Crippen molar-refractivity contribution in [1.29, 1.82) is 0 Å². The molecule has 0 fully saturated rings. The van der Waals surface area contributed by atoms with Crippen LogP contribution in [0.4, 0.5) is 5.69 Å². The van der Waals surface area contributed by atoms with Crippen LogP contribution in [0.2, 0.25) is 4.34 Å². The fraction of sp³-hybridized carbons (Fsp3) is 0.375. The van der Waals surface area contributed by atoms with E-state index in [0.717, 1.165) is 28.7 Å². The van der Waals surface area contributed by atoms with Gasteiger partial charge in [0.2, 0.25) is 0 Å². The molecular formula is C16H21ClN2OS. The number of hydrogen-bond donors (Lipinski definition) is 2. The molecule has 1 unspecified atom stereocenters. The van der Waals surface area contributed by atoms with Crippen molar-refractivity contribution >= 4 is 28.6 Å². The summed E-state index contributed by atoms with van der Waals surface area (Å²) in [6, 6.07) is 9.93. The third kappa shape index (κ3) is 4.13. The van der Waals surface area contributed by atoms with Gasteiger partial charge in [-0.05, 0) is 31.7 Å². The molecule has 0 aliphatic carbocycles. The lowest BCUT2D eigenvalue weighted by Crippen LogP contribution is -2.18. The average Bonchev–Trinajstić information content (AvgIpc) is 2.84. The smallest absolute Gasteiger partial charge is 0.122 e. The van der Waals surface area contributed by atoms with Gasteiger partial charge in [-0.1, -0.05) is 24.6 Å². The summed E-state index contributed by atoms with van der Waals surface area (Å²) in [6.07, 6.45) is 0. The van der Waals surface area contributed by atoms with Crippen molar-refractivity contribution < 1.29 is 5.11 Å². The van der Waals surface area contributed by atoms with E-state index in [9.17, 15) is 5.11 Å². The zero-order valence-corrected chi connectivity index (χ0v) is 14.1. The summed E-state index contributed by atoms with van der Waals surface area (Å²) in [4.78, 5) is 3.30. The quantitative estimate of drug-likeness (QED) is 0.826. The van der Waals surface area contributed by atoms with E-state index in [0.29, 0.717) is 5.75 Å². The van der Waals surface area contributed by atoms with Crippen LogP contribution < -0.4 is 10.2 Å². The lowest BCUT2D eigenvalue weighted by Gasteiger charge is -2.21. The van der Waals surface area contributed by atoms with Gasteiger partial charge in [0, 0.05) is 35.3 Å². The van der Waals surface area contributed by atoms with Crippen molar-refractivity contribution in [3.63, 3.8) is 0 Å². The second-order valence-electron chi connectivity index (χ2n) is 5.08. The SMILES string of the molecule is CCNC(C)c1ccc(N(C)Cc2ccc(Cl)s2)cc1O. The maximum absolute atomic E-state index is 10.2. The van der Waals surface area contributed by atoms with Crippen LogP contribution in [0.5, 0.6) is 5.75 Å². The summed E-state index contributed by atoms with van der Waals surface area (Å²) < 4.78 is 0.802. The third-order valence-corrected chi connectivity index (χ3v) is 4.67. The van der Waals surface area contributed by atoms with Gasteiger partial charge in [-0.2, -0.15) is 0 Å². The Balaban J connectivity index is 2.11. The number of phenols is 1. The van der Waals surface area contributed by atoms with Gasteiger partial charge in [0.15, 0.2) is 0 Å². The van der Waals surface area contributed by atoms with Crippen LogP contribution in [0.25, 0.3) is 0 Å². The third-order valence-electron chi connectivity index (χ3n) is 3.45. The number of anilines is 1. The predicted molar refractivity (Wildman–Crippen MR) is 91.6 cm³/mol. The van der Waals surface area contributed by atoms with Crippen molar-refractivity contribution in [3.8, 4) is 5.75 Å². The van der Waals surface area contributed by atoms with E-state index in [4.69, 9.17) is 11.6 Å². The Morgan fingerprint density at radius 1 is 1.33 bits per heavy atom. The highest BCUT2D eigenvalue weighted by Gasteiger charge is 2.12. The molecule has 21 heavy (non-hydrogen) atoms. The first kappa shape index (κ1) is 16.1. The number of nitrogens with zero attached hydrogens (tertiary/aromatic N) is 1. The molecule has 3 nitrogen and oxygen atoms in total. The van der Waals surface area contributed by atoms with Crippen LogP contribution in [-0.4, -0.2) is 18.7 Å². The van der Waals surface area contributed by atoms with Gasteiger partial charge in [-0.3, -0.25) is 0 Å². The second-order valence-corrected chi connectivity index (χ2v) is 6.88. The van der Waals surface area contributed by atoms with Gasteiger partial charge in [-0.15, -0.1) is 11.3 Å². The summed E-state index contributed by atoms with van der Waals surface area (Å²) >= 11 is 7.53. The number of thiophene rings is 1. The largest absolute Gasteiger partial charge is 0.508 e. The lowest BCUT2D eigenvalue weighted by molar-refractivity contribution is 0.454. The van der Waals surface area contributed by atoms with Crippen LogP contribution in [-0.2, 0) is 6.54 Å². The van der Waals surface area contributed by atoms with Crippen molar-refractivity contribution in [1.82, 2.24) is 5.32 Å². The molecule has 0 saturated carbocycles. The highest BCUT2D eigenvalue weighted by molar-refractivity contribution is 7.16. The molecule has 0 aliphatic heterocycles. The Morgan fingerprint density at radius 2 is 2.10 bits per heavy atom. The highest BCUT2D eigenvalue weighted by atomic mass is 35.5. The van der Waals surface area contributed by atoms with Gasteiger partial charge in [0.25, 0.3) is 0 Å². The summed E-state index contributed by atoms with van der Waals surface area (Å²) in [5.41, 5.74) is 1.91. The van der Waals surface area contributed by atoms with E-state index >= 15 is 0 Å². The molecule has 1 aromatic heterocycles. The lowest BCUT2D eigenvalue weighted by atomic mass is 10.1. The van der Waals surface area contributed by atoms with Crippen molar-refractivity contribution in [2.45, 2.75) is 26.4 Å². The Bertz CT molecular complexity index is 600. The van der Waals surface area contributed by atoms with Crippen molar-refractivity contribution in [3.05, 3.63) is 45.1 Å². The van der Waals surface area contributed by atoms with E-state index in [-0.39, 0.29) is 6.04 Å². The summed E-state index contributed by atoms with van der Waals surface area (Å²) in [6.45, 7) is 5.76. The van der Waals surface area contributed by atoms with Crippen LogP contribution in [0.15, 0.2) is 30.3 Å². The number of rotatable bonds is 6. The summed E-state index contributed by atoms with van der Waals surface area (Å²) in [5, 5.41) is 13.5. The fourth-order valence-electron chi connectivity index (χ4n) is 2.31. The Labute approximate surface area is 135 Å². The van der Waals surface area contributed by atoms with E-state index in [1.54, 1.807) is 11.3 Å².